The van der Waals surface area contributed by atoms with Crippen LogP contribution < -0.4 is 4.90 Å². The molecule has 2 heterocycles. The summed E-state index contributed by atoms with van der Waals surface area (Å²) in [5, 5.41) is 9.74. The molecular weight excluding hydrogens is 328 g/mol. The quantitative estimate of drug-likeness (QED) is 0.877. The molecule has 0 aliphatic carbocycles. The maximum atomic E-state index is 12.0. The Bertz CT molecular complexity index is 585. The van der Waals surface area contributed by atoms with Crippen molar-refractivity contribution in [2.24, 2.45) is 0 Å². The van der Waals surface area contributed by atoms with Gasteiger partial charge < -0.3 is 10.0 Å². The van der Waals surface area contributed by atoms with Crippen LogP contribution in [-0.2, 0) is 16.4 Å². The van der Waals surface area contributed by atoms with Gasteiger partial charge in [-0.3, -0.25) is 0 Å². The van der Waals surface area contributed by atoms with Gasteiger partial charge >= 0.3 is 0 Å². The maximum absolute atomic E-state index is 12.0. The molecule has 1 aromatic rings. The minimum absolute atomic E-state index is 0.0382. The molecule has 2 rings (SSSR count). The molecule has 2 unspecified atom stereocenters. The number of aliphatic hydroxyl groups excluding tert-OH is 1. The Hall–Kier alpha value is -0.310. The molecule has 120 valence electrons. The van der Waals surface area contributed by atoms with Gasteiger partial charge in [0.1, 0.15) is 5.37 Å². The first kappa shape index (κ1) is 17.1. The molecule has 0 spiro atoms. The lowest BCUT2D eigenvalue weighted by atomic mass is 10.0. The predicted molar refractivity (Wildman–Crippen MR) is 90.0 cm³/mol. The normalized spacial score (nSPS) is 21.5. The molecule has 1 saturated heterocycles. The third-order valence-electron chi connectivity index (χ3n) is 3.76. The molecule has 8 heteroatoms. The number of rotatable bonds is 5. The van der Waals surface area contributed by atoms with Crippen LogP contribution in [0.15, 0.2) is 0 Å². The summed E-state index contributed by atoms with van der Waals surface area (Å²) in [6.07, 6.45) is 2.23. The van der Waals surface area contributed by atoms with Crippen LogP contribution >= 0.6 is 23.1 Å². The zero-order chi connectivity index (χ0) is 15.6. The first-order chi connectivity index (χ1) is 9.88. The lowest BCUT2D eigenvalue weighted by molar-refractivity contribution is 0.283. The molecule has 1 fully saturated rings. The van der Waals surface area contributed by atoms with Crippen molar-refractivity contribution in [3.05, 3.63) is 10.6 Å². The van der Waals surface area contributed by atoms with E-state index in [1.54, 1.807) is 11.8 Å². The largest absolute Gasteiger partial charge is 0.391 e. The number of aliphatic hydroxyl groups is 1. The van der Waals surface area contributed by atoms with E-state index in [4.69, 9.17) is 0 Å². The fraction of sp³-hybridized carbons (Fsp3) is 0.769. The van der Waals surface area contributed by atoms with Crippen LogP contribution in [0.3, 0.4) is 0 Å². The van der Waals surface area contributed by atoms with Crippen molar-refractivity contribution < 1.29 is 13.5 Å². The Morgan fingerprint density at radius 1 is 1.52 bits per heavy atom. The van der Waals surface area contributed by atoms with Gasteiger partial charge in [0.2, 0.25) is 0 Å². The molecule has 1 N–H and O–H groups in total. The topological polar surface area (TPSA) is 70.5 Å². The number of nitrogens with zero attached hydrogens (tertiary/aromatic N) is 2. The Labute approximate surface area is 134 Å². The zero-order valence-electron chi connectivity index (χ0n) is 12.6. The van der Waals surface area contributed by atoms with E-state index in [0.29, 0.717) is 12.3 Å². The van der Waals surface area contributed by atoms with Crippen molar-refractivity contribution in [2.45, 2.75) is 38.2 Å². The Morgan fingerprint density at radius 3 is 2.81 bits per heavy atom. The van der Waals surface area contributed by atoms with E-state index in [-0.39, 0.29) is 12.5 Å². The van der Waals surface area contributed by atoms with Gasteiger partial charge in [-0.15, -0.1) is 0 Å². The summed E-state index contributed by atoms with van der Waals surface area (Å²) in [6.45, 7) is 4.81. The second-order valence-corrected chi connectivity index (χ2v) is 9.74. The summed E-state index contributed by atoms with van der Waals surface area (Å²) >= 11 is 3.08. The Balaban J connectivity index is 2.37. The fourth-order valence-corrected chi connectivity index (χ4v) is 6.32. The molecule has 0 aromatic carbocycles. The number of thiazole rings is 1. The molecule has 0 bridgehead atoms. The molecule has 0 radical (unpaired) electrons. The van der Waals surface area contributed by atoms with Gasteiger partial charge in [-0.1, -0.05) is 25.2 Å². The van der Waals surface area contributed by atoms with Gasteiger partial charge in [0, 0.05) is 24.3 Å². The highest BCUT2D eigenvalue weighted by Crippen LogP contribution is 2.35. The average Bonchev–Trinajstić information content (AvgIpc) is 2.89. The van der Waals surface area contributed by atoms with Crippen LogP contribution in [0.2, 0.25) is 0 Å². The fourth-order valence-electron chi connectivity index (χ4n) is 2.32. The minimum atomic E-state index is -3.15. The van der Waals surface area contributed by atoms with Crippen molar-refractivity contribution in [3.8, 4) is 0 Å². The summed E-state index contributed by atoms with van der Waals surface area (Å²) in [4.78, 5) is 7.39. The molecule has 1 aliphatic rings. The highest BCUT2D eigenvalue weighted by atomic mass is 32.2. The Kier molecular flexibility index (Phi) is 5.56. The van der Waals surface area contributed by atoms with Crippen molar-refractivity contribution in [3.63, 3.8) is 0 Å². The van der Waals surface area contributed by atoms with Gasteiger partial charge in [0.15, 0.2) is 15.0 Å². The molecule has 1 aliphatic heterocycles. The van der Waals surface area contributed by atoms with Crippen molar-refractivity contribution in [1.29, 1.82) is 0 Å². The van der Waals surface area contributed by atoms with Crippen LogP contribution in [0.5, 0.6) is 0 Å². The third-order valence-corrected chi connectivity index (χ3v) is 7.50. The standard InChI is InChI=1S/C13H22N2O3S3/c1-4-9(2)12-10(7-16)20-13(14-12)15-5-6-19-8-11(15)21(3,17)18/h9,11,16H,4-8H2,1-3H3. The van der Waals surface area contributed by atoms with E-state index in [2.05, 4.69) is 18.8 Å². The molecule has 0 saturated carbocycles. The highest BCUT2D eigenvalue weighted by Gasteiger charge is 2.33. The van der Waals surface area contributed by atoms with Crippen LogP contribution in [0.25, 0.3) is 0 Å². The smallest absolute Gasteiger partial charge is 0.187 e. The van der Waals surface area contributed by atoms with E-state index in [0.717, 1.165) is 27.9 Å². The second kappa shape index (κ2) is 6.85. The van der Waals surface area contributed by atoms with Gasteiger partial charge in [0.25, 0.3) is 0 Å². The summed E-state index contributed by atoms with van der Waals surface area (Å²) in [7, 11) is -3.15. The number of aromatic nitrogens is 1. The van der Waals surface area contributed by atoms with E-state index in [9.17, 15) is 13.5 Å². The summed E-state index contributed by atoms with van der Waals surface area (Å²) in [5.41, 5.74) is 0.908. The van der Waals surface area contributed by atoms with Gasteiger partial charge in [0.05, 0.1) is 17.2 Å². The van der Waals surface area contributed by atoms with Crippen LogP contribution in [0.1, 0.15) is 36.8 Å². The van der Waals surface area contributed by atoms with E-state index in [1.807, 2.05) is 4.90 Å². The lowest BCUT2D eigenvalue weighted by Crippen LogP contribution is -2.47. The second-order valence-electron chi connectivity index (χ2n) is 5.32. The monoisotopic (exact) mass is 350 g/mol. The maximum Gasteiger partial charge on any atom is 0.187 e. The summed E-state index contributed by atoms with van der Waals surface area (Å²) < 4.78 is 24.0. The predicted octanol–water partition coefficient (Wildman–Crippen LogP) is 2.07. The number of hydrogen-bond donors (Lipinski definition) is 1. The van der Waals surface area contributed by atoms with E-state index < -0.39 is 15.2 Å². The zero-order valence-corrected chi connectivity index (χ0v) is 15.0. The lowest BCUT2D eigenvalue weighted by Gasteiger charge is -2.33. The number of hydrogen-bond acceptors (Lipinski definition) is 7. The Morgan fingerprint density at radius 2 is 2.24 bits per heavy atom. The van der Waals surface area contributed by atoms with E-state index in [1.165, 1.54) is 17.6 Å². The molecule has 21 heavy (non-hydrogen) atoms. The van der Waals surface area contributed by atoms with Crippen LogP contribution in [0.4, 0.5) is 5.13 Å². The number of anilines is 1. The minimum Gasteiger partial charge on any atom is -0.391 e. The molecule has 5 nitrogen and oxygen atoms in total. The highest BCUT2D eigenvalue weighted by molar-refractivity contribution is 8.01. The number of sulfone groups is 1. The summed E-state index contributed by atoms with van der Waals surface area (Å²) in [6, 6.07) is 0. The first-order valence-corrected chi connectivity index (χ1v) is 10.9. The third kappa shape index (κ3) is 3.72. The van der Waals surface area contributed by atoms with Crippen molar-refractivity contribution in [1.82, 2.24) is 4.98 Å². The molecule has 0 amide bonds. The van der Waals surface area contributed by atoms with Crippen molar-refractivity contribution in [2.75, 3.05) is 29.2 Å². The molecule has 2 atom stereocenters. The SMILES string of the molecule is CCC(C)c1nc(N2CCSCC2S(C)(=O)=O)sc1CO. The summed E-state index contributed by atoms with van der Waals surface area (Å²) in [5.74, 6) is 1.75. The molecular formula is C13H22N2O3S3. The average molecular weight is 351 g/mol. The van der Waals surface area contributed by atoms with Gasteiger partial charge in [-0.2, -0.15) is 11.8 Å². The van der Waals surface area contributed by atoms with Gasteiger partial charge in [-0.25, -0.2) is 13.4 Å². The van der Waals surface area contributed by atoms with Crippen LogP contribution in [0, 0.1) is 0 Å². The van der Waals surface area contributed by atoms with Crippen LogP contribution in [-0.4, -0.2) is 48.2 Å². The van der Waals surface area contributed by atoms with E-state index >= 15 is 0 Å². The first-order valence-electron chi connectivity index (χ1n) is 7.02. The van der Waals surface area contributed by atoms with Gasteiger partial charge in [-0.05, 0) is 12.3 Å². The van der Waals surface area contributed by atoms with Crippen molar-refractivity contribution >= 4 is 38.1 Å². The molecule has 1 aromatic heterocycles. The number of thioether (sulfide) groups is 1.